The number of hydrogen-bond acceptors (Lipinski definition) is 5. The van der Waals surface area contributed by atoms with Gasteiger partial charge in [0.2, 0.25) is 5.89 Å². The second-order valence-electron chi connectivity index (χ2n) is 5.28. The lowest BCUT2D eigenvalue weighted by Gasteiger charge is -2.21. The third-order valence-electron chi connectivity index (χ3n) is 3.48. The van der Waals surface area contributed by atoms with Gasteiger partial charge in [0.15, 0.2) is 11.8 Å². The summed E-state index contributed by atoms with van der Waals surface area (Å²) >= 11 is 0. The standard InChI is InChI=1S/C14H25N5O2/c1-4-15-14(19-8-6-12(9-19)10-20-3)16-7-5-13-17-11(2)18-21-13/h12H,4-10H2,1-3H3,(H,15,16). The van der Waals surface area contributed by atoms with Gasteiger partial charge in [-0.1, -0.05) is 5.16 Å². The highest BCUT2D eigenvalue weighted by atomic mass is 16.5. The Morgan fingerprint density at radius 1 is 1.57 bits per heavy atom. The second kappa shape index (κ2) is 7.97. The van der Waals surface area contributed by atoms with Gasteiger partial charge in [-0.2, -0.15) is 4.98 Å². The molecule has 0 radical (unpaired) electrons. The van der Waals surface area contributed by atoms with Crippen molar-refractivity contribution in [3.8, 4) is 0 Å². The largest absolute Gasteiger partial charge is 0.384 e. The maximum atomic E-state index is 5.24. The van der Waals surface area contributed by atoms with Gasteiger partial charge in [-0.25, -0.2) is 0 Å². The Bertz CT molecular complexity index is 460. The van der Waals surface area contributed by atoms with E-state index in [9.17, 15) is 0 Å². The van der Waals surface area contributed by atoms with Crippen LogP contribution < -0.4 is 5.32 Å². The van der Waals surface area contributed by atoms with Crippen molar-refractivity contribution < 1.29 is 9.26 Å². The van der Waals surface area contributed by atoms with E-state index < -0.39 is 0 Å². The molecule has 118 valence electrons. The van der Waals surface area contributed by atoms with Crippen LogP contribution >= 0.6 is 0 Å². The van der Waals surface area contributed by atoms with Gasteiger partial charge < -0.3 is 19.5 Å². The third-order valence-corrected chi connectivity index (χ3v) is 3.48. The lowest BCUT2D eigenvalue weighted by molar-refractivity contribution is 0.157. The number of hydrogen-bond donors (Lipinski definition) is 1. The van der Waals surface area contributed by atoms with Crippen LogP contribution in [0.1, 0.15) is 25.1 Å². The normalized spacial score (nSPS) is 19.3. The van der Waals surface area contributed by atoms with Gasteiger partial charge in [-0.15, -0.1) is 0 Å². The lowest BCUT2D eigenvalue weighted by Crippen LogP contribution is -2.40. The number of likely N-dealkylation sites (tertiary alicyclic amines) is 1. The summed E-state index contributed by atoms with van der Waals surface area (Å²) in [6.07, 6.45) is 1.83. The molecule has 2 rings (SSSR count). The van der Waals surface area contributed by atoms with Gasteiger partial charge in [0.25, 0.3) is 0 Å². The molecule has 7 nitrogen and oxygen atoms in total. The SMILES string of the molecule is CCNC(=NCCc1nc(C)no1)N1CCC(COC)C1. The molecule has 1 saturated heterocycles. The summed E-state index contributed by atoms with van der Waals surface area (Å²) in [6, 6.07) is 0. The maximum Gasteiger partial charge on any atom is 0.228 e. The van der Waals surface area contributed by atoms with Crippen LogP contribution in [0.15, 0.2) is 9.52 Å². The minimum Gasteiger partial charge on any atom is -0.384 e. The Hall–Kier alpha value is -1.63. The number of nitrogens with one attached hydrogen (secondary N) is 1. The van der Waals surface area contributed by atoms with Crippen molar-refractivity contribution >= 4 is 5.96 Å². The fraction of sp³-hybridized carbons (Fsp3) is 0.786. The molecule has 0 aliphatic carbocycles. The molecule has 0 spiro atoms. The Labute approximate surface area is 125 Å². The van der Waals surface area contributed by atoms with Crippen LogP contribution in [0, 0.1) is 12.8 Å². The zero-order valence-electron chi connectivity index (χ0n) is 13.1. The first-order chi connectivity index (χ1) is 10.2. The molecule has 21 heavy (non-hydrogen) atoms. The Balaban J connectivity index is 1.87. The van der Waals surface area contributed by atoms with Gasteiger partial charge in [0.05, 0.1) is 13.2 Å². The van der Waals surface area contributed by atoms with Gasteiger partial charge in [0.1, 0.15) is 0 Å². The van der Waals surface area contributed by atoms with Gasteiger partial charge >= 0.3 is 0 Å². The van der Waals surface area contributed by atoms with E-state index in [1.165, 1.54) is 0 Å². The fourth-order valence-electron chi connectivity index (χ4n) is 2.52. The number of methoxy groups -OCH3 is 1. The first-order valence-electron chi connectivity index (χ1n) is 7.54. The molecule has 1 aromatic rings. The van der Waals surface area contributed by atoms with Gasteiger partial charge in [0, 0.05) is 39.1 Å². The van der Waals surface area contributed by atoms with Crippen LogP contribution in [-0.4, -0.2) is 60.9 Å². The van der Waals surface area contributed by atoms with Crippen LogP contribution in [0.5, 0.6) is 0 Å². The number of aromatic nitrogens is 2. The van der Waals surface area contributed by atoms with Crippen molar-refractivity contribution in [1.29, 1.82) is 0 Å². The molecule has 2 heterocycles. The molecule has 1 aliphatic heterocycles. The van der Waals surface area contributed by atoms with Crippen molar-refractivity contribution in [2.24, 2.45) is 10.9 Å². The van der Waals surface area contributed by atoms with Crippen molar-refractivity contribution in [1.82, 2.24) is 20.4 Å². The zero-order chi connectivity index (χ0) is 15.1. The Kier molecular flexibility index (Phi) is 5.98. The molecule has 1 fully saturated rings. The Morgan fingerprint density at radius 2 is 2.43 bits per heavy atom. The molecule has 1 unspecified atom stereocenters. The highest BCUT2D eigenvalue weighted by Crippen LogP contribution is 2.16. The molecule has 1 N–H and O–H groups in total. The summed E-state index contributed by atoms with van der Waals surface area (Å²) < 4.78 is 10.3. The molecule has 0 aromatic carbocycles. The molecule has 1 aromatic heterocycles. The van der Waals surface area contributed by atoms with E-state index in [1.54, 1.807) is 7.11 Å². The highest BCUT2D eigenvalue weighted by Gasteiger charge is 2.24. The number of aliphatic imine (C=N–C) groups is 1. The molecular formula is C14H25N5O2. The Morgan fingerprint density at radius 3 is 3.10 bits per heavy atom. The first-order valence-corrected chi connectivity index (χ1v) is 7.54. The van der Waals surface area contributed by atoms with Crippen LogP contribution in [0.3, 0.4) is 0 Å². The molecular weight excluding hydrogens is 270 g/mol. The number of ether oxygens (including phenoxy) is 1. The fourth-order valence-corrected chi connectivity index (χ4v) is 2.52. The van der Waals surface area contributed by atoms with Crippen molar-refractivity contribution in [3.05, 3.63) is 11.7 Å². The van der Waals surface area contributed by atoms with Crippen LogP contribution in [0.2, 0.25) is 0 Å². The number of aryl methyl sites for hydroxylation is 1. The molecule has 1 aliphatic rings. The summed E-state index contributed by atoms with van der Waals surface area (Å²) in [4.78, 5) is 11.1. The summed E-state index contributed by atoms with van der Waals surface area (Å²) in [5.74, 6) is 2.87. The minimum absolute atomic E-state index is 0.595. The molecule has 1 atom stereocenters. The average Bonchev–Trinajstić information content (AvgIpc) is 3.08. The number of nitrogens with zero attached hydrogens (tertiary/aromatic N) is 4. The monoisotopic (exact) mass is 295 g/mol. The minimum atomic E-state index is 0.595. The van der Waals surface area contributed by atoms with E-state index in [2.05, 4.69) is 32.3 Å². The van der Waals surface area contributed by atoms with E-state index in [-0.39, 0.29) is 0 Å². The van der Waals surface area contributed by atoms with Gasteiger partial charge in [-0.05, 0) is 20.3 Å². The van der Waals surface area contributed by atoms with Crippen LogP contribution in [0.4, 0.5) is 0 Å². The lowest BCUT2D eigenvalue weighted by atomic mass is 10.1. The summed E-state index contributed by atoms with van der Waals surface area (Å²) in [5.41, 5.74) is 0. The predicted molar refractivity (Wildman–Crippen MR) is 80.3 cm³/mol. The number of guanidine groups is 1. The maximum absolute atomic E-state index is 5.24. The van der Waals surface area contributed by atoms with E-state index in [4.69, 9.17) is 9.26 Å². The van der Waals surface area contributed by atoms with Crippen LogP contribution in [-0.2, 0) is 11.2 Å². The van der Waals surface area contributed by atoms with E-state index in [0.717, 1.165) is 38.6 Å². The second-order valence-corrected chi connectivity index (χ2v) is 5.28. The van der Waals surface area contributed by atoms with Crippen molar-refractivity contribution in [3.63, 3.8) is 0 Å². The number of rotatable bonds is 6. The van der Waals surface area contributed by atoms with Gasteiger partial charge in [-0.3, -0.25) is 4.99 Å². The highest BCUT2D eigenvalue weighted by molar-refractivity contribution is 5.80. The zero-order valence-corrected chi connectivity index (χ0v) is 13.1. The molecule has 0 bridgehead atoms. The quantitative estimate of drug-likeness (QED) is 0.619. The van der Waals surface area contributed by atoms with E-state index in [0.29, 0.717) is 30.6 Å². The first kappa shape index (κ1) is 15.8. The summed E-state index contributed by atoms with van der Waals surface area (Å²) in [7, 11) is 1.76. The molecule has 7 heteroatoms. The predicted octanol–water partition coefficient (Wildman–Crippen LogP) is 0.854. The van der Waals surface area contributed by atoms with Crippen molar-refractivity contribution in [2.75, 3.05) is 39.9 Å². The summed E-state index contributed by atoms with van der Waals surface area (Å²) in [5, 5.41) is 7.13. The smallest absolute Gasteiger partial charge is 0.228 e. The molecule has 0 amide bonds. The van der Waals surface area contributed by atoms with Crippen molar-refractivity contribution in [2.45, 2.75) is 26.7 Å². The van der Waals surface area contributed by atoms with Crippen LogP contribution in [0.25, 0.3) is 0 Å². The third kappa shape index (κ3) is 4.70. The average molecular weight is 295 g/mol. The summed E-state index contributed by atoms with van der Waals surface area (Å²) in [6.45, 7) is 8.26. The topological polar surface area (TPSA) is 75.8 Å². The molecule has 0 saturated carbocycles. The van der Waals surface area contributed by atoms with E-state index in [1.807, 2.05) is 6.92 Å². The van der Waals surface area contributed by atoms with E-state index >= 15 is 0 Å².